The molecule has 0 radical (unpaired) electrons. The number of nitrogens with one attached hydrogen (secondary N) is 1. The molecule has 48 heavy (non-hydrogen) atoms. The van der Waals surface area contributed by atoms with Crippen molar-refractivity contribution in [2.45, 2.75) is 138 Å². The van der Waals surface area contributed by atoms with Gasteiger partial charge in [-0.2, -0.15) is 0 Å². The van der Waals surface area contributed by atoms with E-state index in [-0.39, 0.29) is 35.6 Å². The second kappa shape index (κ2) is 19.1. The first kappa shape index (κ1) is 40.9. The number of ether oxygens (including phenoxy) is 2. The van der Waals surface area contributed by atoms with E-state index in [2.05, 4.69) is 17.2 Å². The van der Waals surface area contributed by atoms with Gasteiger partial charge >= 0.3 is 18.0 Å². The van der Waals surface area contributed by atoms with Crippen LogP contribution in [0.4, 0.5) is 4.79 Å². The Hall–Kier alpha value is -3.26. The summed E-state index contributed by atoms with van der Waals surface area (Å²) in [6.07, 6.45) is 3.04. The van der Waals surface area contributed by atoms with Crippen molar-refractivity contribution in [3.63, 3.8) is 0 Å². The van der Waals surface area contributed by atoms with Gasteiger partial charge in [-0.3, -0.25) is 24.1 Å². The van der Waals surface area contributed by atoms with Gasteiger partial charge in [-0.05, 0) is 58.3 Å². The summed E-state index contributed by atoms with van der Waals surface area (Å²) in [5, 5.41) is 15.3. The van der Waals surface area contributed by atoms with Crippen LogP contribution in [0.5, 0.6) is 0 Å². The molecule has 1 aliphatic heterocycles. The first-order valence-corrected chi connectivity index (χ1v) is 18.0. The Bertz CT molecular complexity index is 1230. The molecular weight excluding hydrogens is 640 g/mol. The molecule has 5 atom stereocenters. The van der Waals surface area contributed by atoms with Crippen molar-refractivity contribution in [2.75, 3.05) is 13.2 Å². The summed E-state index contributed by atoms with van der Waals surface area (Å²) >= 11 is 1.05. The van der Waals surface area contributed by atoms with E-state index >= 15 is 0 Å². The van der Waals surface area contributed by atoms with Gasteiger partial charge in [0.1, 0.15) is 22.7 Å². The molecule has 0 spiro atoms. The second-order valence-electron chi connectivity index (χ2n) is 13.8. The molecule has 0 bridgehead atoms. The largest absolute Gasteiger partial charge is 0.476 e. The van der Waals surface area contributed by atoms with E-state index in [1.807, 2.05) is 27.7 Å². The lowest BCUT2D eigenvalue weighted by atomic mass is 9.88. The van der Waals surface area contributed by atoms with E-state index < -0.39 is 59.7 Å². The summed E-state index contributed by atoms with van der Waals surface area (Å²) in [7, 11) is 0. The van der Waals surface area contributed by atoms with Crippen LogP contribution in [0.15, 0.2) is 5.38 Å². The van der Waals surface area contributed by atoms with Crippen LogP contribution >= 0.6 is 11.3 Å². The van der Waals surface area contributed by atoms with Crippen LogP contribution in [0.1, 0.15) is 135 Å². The summed E-state index contributed by atoms with van der Waals surface area (Å²) in [5.74, 6) is -4.59. The van der Waals surface area contributed by atoms with Gasteiger partial charge < -0.3 is 19.9 Å². The maximum absolute atomic E-state index is 14.6. The van der Waals surface area contributed by atoms with E-state index in [9.17, 15) is 29.1 Å². The van der Waals surface area contributed by atoms with E-state index in [1.54, 1.807) is 20.8 Å². The lowest BCUT2D eigenvalue weighted by Gasteiger charge is -2.39. The second-order valence-corrected chi connectivity index (χ2v) is 14.7. The Morgan fingerprint density at radius 1 is 1.12 bits per heavy atom. The van der Waals surface area contributed by atoms with Crippen molar-refractivity contribution in [2.24, 2.45) is 17.8 Å². The van der Waals surface area contributed by atoms with E-state index in [4.69, 9.17) is 14.3 Å². The zero-order valence-electron chi connectivity index (χ0n) is 30.1. The van der Waals surface area contributed by atoms with Crippen LogP contribution in [0, 0.1) is 17.8 Å². The Labute approximate surface area is 289 Å². The number of thiazole rings is 1. The Morgan fingerprint density at radius 2 is 1.81 bits per heavy atom. The number of carboxylic acids is 1. The average molecular weight is 697 g/mol. The molecule has 14 heteroatoms. The number of unbranched alkanes of at least 4 members (excludes halogenated alkanes) is 2. The highest BCUT2D eigenvalue weighted by molar-refractivity contribution is 7.09. The van der Waals surface area contributed by atoms with Crippen LogP contribution in [0.25, 0.3) is 0 Å². The predicted octanol–water partition coefficient (Wildman–Crippen LogP) is 6.34. The Balaban J connectivity index is 2.48. The lowest BCUT2D eigenvalue weighted by Crippen LogP contribution is -2.58. The normalized spacial score (nSPS) is 17.6. The summed E-state index contributed by atoms with van der Waals surface area (Å²) in [6.45, 7) is 16.8. The van der Waals surface area contributed by atoms with Gasteiger partial charge in [0.2, 0.25) is 5.91 Å². The van der Waals surface area contributed by atoms with Crippen molar-refractivity contribution in [1.82, 2.24) is 20.3 Å². The van der Waals surface area contributed by atoms with Crippen LogP contribution < -0.4 is 5.32 Å². The van der Waals surface area contributed by atoms with Crippen molar-refractivity contribution < 1.29 is 43.4 Å². The molecule has 0 aromatic carbocycles. The molecule has 0 saturated carbocycles. The zero-order valence-corrected chi connectivity index (χ0v) is 30.9. The van der Waals surface area contributed by atoms with Crippen molar-refractivity contribution in [3.8, 4) is 0 Å². The number of hydroxylamine groups is 2. The highest BCUT2D eigenvalue weighted by atomic mass is 32.1. The minimum absolute atomic E-state index is 0.0627. The number of aromatic nitrogens is 1. The average Bonchev–Trinajstić information content (AvgIpc) is 3.49. The van der Waals surface area contributed by atoms with Gasteiger partial charge in [-0.15, -0.1) is 11.3 Å². The molecule has 2 N–H and O–H groups in total. The number of hydrogen-bond donors (Lipinski definition) is 2. The topological polar surface area (TPSA) is 165 Å². The molecular formula is C34H56N4O9S. The zero-order chi connectivity index (χ0) is 36.2. The van der Waals surface area contributed by atoms with Gasteiger partial charge in [0.05, 0.1) is 12.6 Å². The lowest BCUT2D eigenvalue weighted by molar-refractivity contribution is -0.215. The molecule has 1 aromatic heterocycles. The van der Waals surface area contributed by atoms with Gasteiger partial charge in [0, 0.05) is 25.3 Å². The highest BCUT2D eigenvalue weighted by Crippen LogP contribution is 2.33. The van der Waals surface area contributed by atoms with E-state index in [0.29, 0.717) is 25.8 Å². The number of carbonyl (C=O) groups excluding carboxylic acids is 4. The molecule has 0 unspecified atom stereocenters. The third-order valence-corrected chi connectivity index (χ3v) is 9.18. The third kappa shape index (κ3) is 12.3. The fraction of sp³-hybridized carbons (Fsp3) is 0.765. The number of nitrogens with zero attached hydrogens (tertiary/aromatic N) is 3. The molecule has 0 aliphatic carbocycles. The first-order valence-electron chi connectivity index (χ1n) is 17.1. The highest BCUT2D eigenvalue weighted by Gasteiger charge is 2.42. The predicted molar refractivity (Wildman–Crippen MR) is 181 cm³/mol. The van der Waals surface area contributed by atoms with Gasteiger partial charge in [-0.25, -0.2) is 19.6 Å². The quantitative estimate of drug-likeness (QED) is 0.0813. The van der Waals surface area contributed by atoms with Crippen LogP contribution in [-0.4, -0.2) is 80.9 Å². The van der Waals surface area contributed by atoms with Gasteiger partial charge in [-0.1, -0.05) is 53.9 Å². The van der Waals surface area contributed by atoms with Crippen LogP contribution in [0.3, 0.4) is 0 Å². The molecule has 1 fully saturated rings. The van der Waals surface area contributed by atoms with Crippen molar-refractivity contribution in [3.05, 3.63) is 16.1 Å². The molecule has 3 amide bonds. The SMILES string of the molecule is CCCCCON(C(=O)[C@H](C(=O)N[C@H]1CCCCN1C(=O)OC(C)(C)C)[C@@H](C)CC)[C@H](C[C@@H](OC(C)=O)c1nc(C(=O)O)cs1)C(C)C. The molecule has 1 aliphatic rings. The smallest absolute Gasteiger partial charge is 0.411 e. The molecule has 13 nitrogen and oxygen atoms in total. The number of likely N-dealkylation sites (tertiary alicyclic amines) is 1. The molecule has 2 heterocycles. The third-order valence-electron chi connectivity index (χ3n) is 8.25. The van der Waals surface area contributed by atoms with Gasteiger partial charge in [0.15, 0.2) is 11.8 Å². The molecule has 1 aromatic rings. The number of piperidine rings is 1. The summed E-state index contributed by atoms with van der Waals surface area (Å²) in [4.78, 5) is 77.4. The van der Waals surface area contributed by atoms with E-state index in [0.717, 1.165) is 37.0 Å². The number of carboxylic acid groups (broad SMARTS) is 1. The van der Waals surface area contributed by atoms with Crippen molar-refractivity contribution in [1.29, 1.82) is 0 Å². The Kier molecular flexibility index (Phi) is 16.2. The van der Waals surface area contributed by atoms with Crippen LogP contribution in [0.2, 0.25) is 0 Å². The summed E-state index contributed by atoms with van der Waals surface area (Å²) < 4.78 is 11.2. The Morgan fingerprint density at radius 3 is 2.35 bits per heavy atom. The maximum Gasteiger partial charge on any atom is 0.411 e. The minimum Gasteiger partial charge on any atom is -0.476 e. The number of esters is 1. The van der Waals surface area contributed by atoms with Crippen molar-refractivity contribution >= 4 is 41.2 Å². The summed E-state index contributed by atoms with van der Waals surface area (Å²) in [5.41, 5.74) is -0.883. The number of rotatable bonds is 17. The summed E-state index contributed by atoms with van der Waals surface area (Å²) in [6, 6.07) is -0.673. The standard InChI is InChI=1S/C34H56N4O9S/c1-10-12-15-18-45-38(25(21(3)4)19-26(46-23(6)39)30-35-24(20-48-30)32(42)43)31(41)28(22(5)11-2)29(40)36-27-16-13-14-17-37(27)33(44)47-34(7,8)9/h20-22,25-28H,10-19H2,1-9H3,(H,36,40)(H,42,43)/t22-,25+,26+,27+,28-/m0/s1. The molecule has 2 rings (SSSR count). The monoisotopic (exact) mass is 696 g/mol. The minimum atomic E-state index is -1.21. The fourth-order valence-electron chi connectivity index (χ4n) is 5.49. The first-order chi connectivity index (χ1) is 22.5. The van der Waals surface area contributed by atoms with Crippen LogP contribution in [-0.2, 0) is 28.7 Å². The molecule has 1 saturated heterocycles. The number of hydrogen-bond acceptors (Lipinski definition) is 10. The van der Waals surface area contributed by atoms with Gasteiger partial charge in [0.25, 0.3) is 5.91 Å². The number of amides is 3. The molecule has 272 valence electrons. The maximum atomic E-state index is 14.6. The number of carbonyl (C=O) groups is 5. The number of aromatic carboxylic acids is 1. The fourth-order valence-corrected chi connectivity index (χ4v) is 6.32. The van der Waals surface area contributed by atoms with E-state index in [1.165, 1.54) is 22.3 Å².